The summed E-state index contributed by atoms with van der Waals surface area (Å²) >= 11 is 0. The minimum Gasteiger partial charge on any atom is -0.396 e. The molecule has 2 N–H and O–H groups in total. The van der Waals surface area contributed by atoms with E-state index in [9.17, 15) is 9.90 Å². The Morgan fingerprint density at radius 3 is 2.52 bits per heavy atom. The van der Waals surface area contributed by atoms with Crippen molar-refractivity contribution in [2.24, 2.45) is 0 Å². The number of aliphatic hydroxyl groups is 2. The Morgan fingerprint density at radius 1 is 1.10 bits per heavy atom. The van der Waals surface area contributed by atoms with Gasteiger partial charge < -0.3 is 24.6 Å². The summed E-state index contributed by atoms with van der Waals surface area (Å²) in [5.74, 6) is -0.166. The van der Waals surface area contributed by atoms with Crippen LogP contribution in [0.3, 0.4) is 0 Å². The van der Waals surface area contributed by atoms with Gasteiger partial charge in [0.05, 0.1) is 19.8 Å². The van der Waals surface area contributed by atoms with Gasteiger partial charge in [-0.25, -0.2) is 0 Å². The van der Waals surface area contributed by atoms with Crippen molar-refractivity contribution in [1.29, 1.82) is 0 Å². The summed E-state index contributed by atoms with van der Waals surface area (Å²) in [5, 5.41) is 18.7. The number of amides is 1. The quantitative estimate of drug-likeness (QED) is 0.650. The molecule has 0 aliphatic carbocycles. The fourth-order valence-electron chi connectivity index (χ4n) is 2.23. The van der Waals surface area contributed by atoms with Gasteiger partial charge in [-0.05, 0) is 12.5 Å². The summed E-state index contributed by atoms with van der Waals surface area (Å²) in [6.07, 6.45) is -0.273. The highest BCUT2D eigenvalue weighted by molar-refractivity contribution is 5.98. The number of ether oxygens (including phenoxy) is 2. The van der Waals surface area contributed by atoms with E-state index >= 15 is 0 Å². The zero-order valence-corrected chi connectivity index (χ0v) is 11.9. The second-order valence-corrected chi connectivity index (χ2v) is 4.76. The lowest BCUT2D eigenvalue weighted by Gasteiger charge is -2.20. The molecule has 0 fully saturated rings. The monoisotopic (exact) mass is 295 g/mol. The van der Waals surface area contributed by atoms with Crippen LogP contribution in [0.2, 0.25) is 0 Å². The van der Waals surface area contributed by atoms with Crippen molar-refractivity contribution in [3.05, 3.63) is 35.4 Å². The van der Waals surface area contributed by atoms with Gasteiger partial charge in [-0.3, -0.25) is 4.79 Å². The molecule has 0 bridgehead atoms. The Kier molecular flexibility index (Phi) is 6.13. The molecular formula is C15H21NO5. The lowest BCUT2D eigenvalue weighted by molar-refractivity contribution is -0.00597. The molecule has 1 amide bonds. The molecule has 0 saturated heterocycles. The summed E-state index contributed by atoms with van der Waals surface area (Å²) < 4.78 is 10.6. The number of benzene rings is 1. The van der Waals surface area contributed by atoms with Gasteiger partial charge in [-0.2, -0.15) is 0 Å². The third-order valence-corrected chi connectivity index (χ3v) is 3.32. The number of fused-ring (bicyclic) bond motifs is 1. The van der Waals surface area contributed by atoms with Crippen molar-refractivity contribution in [1.82, 2.24) is 4.90 Å². The molecule has 1 atom stereocenters. The molecule has 21 heavy (non-hydrogen) atoms. The van der Waals surface area contributed by atoms with Crippen LogP contribution in [0.1, 0.15) is 28.6 Å². The van der Waals surface area contributed by atoms with Gasteiger partial charge in [0.1, 0.15) is 0 Å². The highest BCUT2D eigenvalue weighted by Gasteiger charge is 2.34. The van der Waals surface area contributed by atoms with Crippen LogP contribution in [0, 0.1) is 0 Å². The number of carbonyl (C=O) groups is 1. The lowest BCUT2D eigenvalue weighted by atomic mass is 10.1. The number of aliphatic hydroxyl groups excluding tert-OH is 2. The molecule has 1 aliphatic rings. The molecule has 0 radical (unpaired) electrons. The van der Waals surface area contributed by atoms with E-state index in [2.05, 4.69) is 0 Å². The fourth-order valence-corrected chi connectivity index (χ4v) is 2.23. The molecular weight excluding hydrogens is 274 g/mol. The zero-order valence-electron chi connectivity index (χ0n) is 11.9. The van der Waals surface area contributed by atoms with Crippen molar-refractivity contribution in [2.75, 3.05) is 39.6 Å². The molecule has 6 heteroatoms. The predicted molar refractivity (Wildman–Crippen MR) is 75.8 cm³/mol. The Bertz CT molecular complexity index is 465. The van der Waals surface area contributed by atoms with E-state index in [0.717, 1.165) is 0 Å². The molecule has 2 rings (SSSR count). The maximum absolute atomic E-state index is 12.1. The van der Waals surface area contributed by atoms with Gasteiger partial charge in [-0.1, -0.05) is 18.2 Å². The average Bonchev–Trinajstić information content (AvgIpc) is 2.75. The van der Waals surface area contributed by atoms with Gasteiger partial charge in [0.25, 0.3) is 5.91 Å². The fraction of sp³-hybridized carbons (Fsp3) is 0.533. The van der Waals surface area contributed by atoms with Crippen molar-refractivity contribution in [2.45, 2.75) is 12.6 Å². The van der Waals surface area contributed by atoms with E-state index in [1.54, 1.807) is 24.3 Å². The molecule has 116 valence electrons. The van der Waals surface area contributed by atoms with Crippen molar-refractivity contribution < 1.29 is 24.5 Å². The highest BCUT2D eigenvalue weighted by atomic mass is 16.5. The van der Waals surface area contributed by atoms with Gasteiger partial charge in [0, 0.05) is 30.9 Å². The van der Waals surface area contributed by atoms with E-state index in [0.29, 0.717) is 50.5 Å². The Balaban J connectivity index is 1.67. The molecule has 0 spiro atoms. The Morgan fingerprint density at radius 2 is 1.81 bits per heavy atom. The molecule has 0 saturated carbocycles. The first-order valence-electron chi connectivity index (χ1n) is 7.10. The maximum atomic E-state index is 12.1. The third-order valence-electron chi connectivity index (χ3n) is 3.32. The summed E-state index contributed by atoms with van der Waals surface area (Å²) in [4.78, 5) is 13.5. The van der Waals surface area contributed by atoms with Gasteiger partial charge in [-0.15, -0.1) is 0 Å². The number of nitrogens with zero attached hydrogens (tertiary/aromatic N) is 1. The van der Waals surface area contributed by atoms with Crippen molar-refractivity contribution in [3.63, 3.8) is 0 Å². The van der Waals surface area contributed by atoms with E-state index in [1.807, 2.05) is 0 Å². The van der Waals surface area contributed by atoms with Crippen LogP contribution >= 0.6 is 0 Å². The van der Waals surface area contributed by atoms with Gasteiger partial charge in [0.15, 0.2) is 6.23 Å². The zero-order chi connectivity index (χ0) is 15.1. The average molecular weight is 295 g/mol. The van der Waals surface area contributed by atoms with Crippen LogP contribution in [-0.2, 0) is 9.47 Å². The predicted octanol–water partition coefficient (Wildman–Crippen LogP) is 0.549. The van der Waals surface area contributed by atoms with Crippen molar-refractivity contribution >= 4 is 5.91 Å². The SMILES string of the molecule is O=C1c2ccccc2C(O)N1CCOCCOCCCO. The van der Waals surface area contributed by atoms with E-state index in [-0.39, 0.29) is 12.5 Å². The lowest BCUT2D eigenvalue weighted by Crippen LogP contribution is -2.31. The van der Waals surface area contributed by atoms with E-state index < -0.39 is 6.23 Å². The number of hydrogen-bond donors (Lipinski definition) is 2. The first kappa shape index (κ1) is 15.9. The third kappa shape index (κ3) is 4.01. The topological polar surface area (TPSA) is 79.2 Å². The van der Waals surface area contributed by atoms with Crippen LogP contribution in [-0.4, -0.2) is 60.6 Å². The minimum atomic E-state index is -0.891. The van der Waals surface area contributed by atoms with Crippen LogP contribution in [0.25, 0.3) is 0 Å². The summed E-state index contributed by atoms with van der Waals surface area (Å²) in [7, 11) is 0. The minimum absolute atomic E-state index is 0.121. The van der Waals surface area contributed by atoms with Crippen molar-refractivity contribution in [3.8, 4) is 0 Å². The number of rotatable bonds is 9. The largest absolute Gasteiger partial charge is 0.396 e. The van der Waals surface area contributed by atoms with Crippen LogP contribution < -0.4 is 0 Å². The van der Waals surface area contributed by atoms with Gasteiger partial charge in [0.2, 0.25) is 0 Å². The first-order valence-corrected chi connectivity index (χ1v) is 7.10. The molecule has 0 aromatic heterocycles. The smallest absolute Gasteiger partial charge is 0.256 e. The van der Waals surface area contributed by atoms with Crippen LogP contribution in [0.15, 0.2) is 24.3 Å². The molecule has 1 unspecified atom stereocenters. The molecule has 1 aromatic carbocycles. The summed E-state index contributed by atoms with van der Waals surface area (Å²) in [5.41, 5.74) is 1.20. The number of carbonyl (C=O) groups excluding carboxylic acids is 1. The highest BCUT2D eigenvalue weighted by Crippen LogP contribution is 2.30. The molecule has 1 aromatic rings. The molecule has 1 heterocycles. The Labute approximate surface area is 123 Å². The van der Waals surface area contributed by atoms with E-state index in [4.69, 9.17) is 14.6 Å². The second-order valence-electron chi connectivity index (χ2n) is 4.76. The second kappa shape index (κ2) is 8.09. The maximum Gasteiger partial charge on any atom is 0.256 e. The van der Waals surface area contributed by atoms with Crippen LogP contribution in [0.4, 0.5) is 0 Å². The standard InChI is InChI=1S/C15H21NO5/c17-7-3-8-20-10-11-21-9-6-16-14(18)12-4-1-2-5-13(12)15(16)19/h1-2,4-5,14,17-18H,3,6-11H2. The normalized spacial score (nSPS) is 17.3. The van der Waals surface area contributed by atoms with Crippen LogP contribution in [0.5, 0.6) is 0 Å². The number of hydrogen-bond acceptors (Lipinski definition) is 5. The van der Waals surface area contributed by atoms with Gasteiger partial charge >= 0.3 is 0 Å². The molecule has 1 aliphatic heterocycles. The van der Waals surface area contributed by atoms with E-state index in [1.165, 1.54) is 4.90 Å². The Hall–Kier alpha value is -1.47. The summed E-state index contributed by atoms with van der Waals surface area (Å²) in [6.45, 7) is 2.20. The summed E-state index contributed by atoms with van der Waals surface area (Å²) in [6, 6.07) is 7.07. The first-order chi connectivity index (χ1) is 10.3. The molecule has 6 nitrogen and oxygen atoms in total.